The highest BCUT2D eigenvalue weighted by atomic mass is 16.2. The fourth-order valence-corrected chi connectivity index (χ4v) is 4.56. The number of rotatable bonds is 2. The molecule has 2 fully saturated rings. The predicted octanol–water partition coefficient (Wildman–Crippen LogP) is 2.20. The molecule has 0 spiro atoms. The fourth-order valence-electron chi connectivity index (χ4n) is 4.56. The number of carbonyl (C=O) groups is 2. The van der Waals surface area contributed by atoms with E-state index in [2.05, 4.69) is 18.2 Å². The van der Waals surface area contributed by atoms with Crippen LogP contribution in [0.4, 0.5) is 0 Å². The molecule has 2 aliphatic carbocycles. The molecule has 2 amide bonds. The number of fused-ring (bicyclic) bond motifs is 4. The van der Waals surface area contributed by atoms with E-state index in [1.165, 1.54) is 11.1 Å². The third kappa shape index (κ3) is 1.80. The Morgan fingerprint density at radius 3 is 2.67 bits per heavy atom. The van der Waals surface area contributed by atoms with Crippen LogP contribution < -0.4 is 5.73 Å². The van der Waals surface area contributed by atoms with Gasteiger partial charge in [0.25, 0.3) is 5.91 Å². The van der Waals surface area contributed by atoms with Gasteiger partial charge >= 0.3 is 0 Å². The van der Waals surface area contributed by atoms with Gasteiger partial charge in [-0.05, 0) is 53.0 Å². The maximum atomic E-state index is 13.2. The zero-order chi connectivity index (χ0) is 16.4. The second-order valence-electron chi connectivity index (χ2n) is 7.14. The molecular formula is C20H18N2O2. The quantitative estimate of drug-likeness (QED) is 0.787. The van der Waals surface area contributed by atoms with Gasteiger partial charge in [-0.2, -0.15) is 0 Å². The van der Waals surface area contributed by atoms with Gasteiger partial charge in [0, 0.05) is 12.1 Å². The van der Waals surface area contributed by atoms with Gasteiger partial charge in [-0.3, -0.25) is 9.59 Å². The van der Waals surface area contributed by atoms with Gasteiger partial charge in [0.2, 0.25) is 5.91 Å². The highest BCUT2D eigenvalue weighted by Crippen LogP contribution is 2.50. The van der Waals surface area contributed by atoms with Gasteiger partial charge < -0.3 is 10.6 Å². The van der Waals surface area contributed by atoms with Crippen LogP contribution in [0.2, 0.25) is 0 Å². The minimum Gasteiger partial charge on any atom is -0.368 e. The monoisotopic (exact) mass is 318 g/mol. The SMILES string of the molecule is NC(=O)[C@@H]1[C@@H]2C[C@@H]2CN1C(=O)c1cccc2c1-c1ccccc1C2. The standard InChI is InChI=1S/C20H18N2O2/c21-19(23)18-16-9-13(16)10-22(18)20(24)15-7-3-5-12-8-11-4-1-2-6-14(11)17(12)15/h1-7,13,16,18H,8-10H2,(H2,21,23)/t13-,16-,18+/m1/s1. The molecule has 4 heteroatoms. The first-order valence-corrected chi connectivity index (χ1v) is 8.45. The summed E-state index contributed by atoms with van der Waals surface area (Å²) in [7, 11) is 0. The lowest BCUT2D eigenvalue weighted by Gasteiger charge is -2.26. The minimum atomic E-state index is -0.435. The van der Waals surface area contributed by atoms with Gasteiger partial charge in [0.15, 0.2) is 0 Å². The normalized spacial score (nSPS) is 25.8. The molecule has 2 aromatic rings. The van der Waals surface area contributed by atoms with E-state index in [0.717, 1.165) is 24.0 Å². The summed E-state index contributed by atoms with van der Waals surface area (Å²) in [6, 6.07) is 13.7. The predicted molar refractivity (Wildman–Crippen MR) is 90.3 cm³/mol. The number of hydrogen-bond donors (Lipinski definition) is 1. The van der Waals surface area contributed by atoms with Gasteiger partial charge in [0.1, 0.15) is 6.04 Å². The molecule has 1 saturated carbocycles. The molecule has 4 nitrogen and oxygen atoms in total. The summed E-state index contributed by atoms with van der Waals surface area (Å²) in [5.41, 5.74) is 10.9. The summed E-state index contributed by atoms with van der Waals surface area (Å²) in [6.07, 6.45) is 1.88. The van der Waals surface area contributed by atoms with Crippen LogP contribution in [0.5, 0.6) is 0 Å². The number of likely N-dealkylation sites (tertiary alicyclic amines) is 1. The van der Waals surface area contributed by atoms with E-state index in [1.54, 1.807) is 4.90 Å². The Hall–Kier alpha value is -2.62. The number of nitrogens with two attached hydrogens (primary N) is 1. The number of hydrogen-bond acceptors (Lipinski definition) is 2. The summed E-state index contributed by atoms with van der Waals surface area (Å²) in [6.45, 7) is 0.655. The zero-order valence-electron chi connectivity index (χ0n) is 13.2. The Labute approximate surface area is 140 Å². The maximum Gasteiger partial charge on any atom is 0.255 e. The topological polar surface area (TPSA) is 63.4 Å². The molecular weight excluding hydrogens is 300 g/mol. The minimum absolute atomic E-state index is 0.0560. The lowest BCUT2D eigenvalue weighted by molar-refractivity contribution is -0.122. The van der Waals surface area contributed by atoms with Crippen LogP contribution in [0, 0.1) is 11.8 Å². The van der Waals surface area contributed by atoms with Crippen LogP contribution in [0.25, 0.3) is 11.1 Å². The van der Waals surface area contributed by atoms with Crippen molar-refractivity contribution in [2.24, 2.45) is 17.6 Å². The van der Waals surface area contributed by atoms with Gasteiger partial charge in [-0.15, -0.1) is 0 Å². The Morgan fingerprint density at radius 1 is 1.04 bits per heavy atom. The molecule has 1 saturated heterocycles. The van der Waals surface area contributed by atoms with Crippen LogP contribution in [-0.4, -0.2) is 29.3 Å². The molecule has 1 aliphatic heterocycles. The fraction of sp³-hybridized carbons (Fsp3) is 0.300. The van der Waals surface area contributed by atoms with Crippen molar-refractivity contribution >= 4 is 11.8 Å². The van der Waals surface area contributed by atoms with Gasteiger partial charge in [-0.1, -0.05) is 36.4 Å². The number of piperidine rings is 1. The molecule has 1 heterocycles. The summed E-state index contributed by atoms with van der Waals surface area (Å²) < 4.78 is 0. The van der Waals surface area contributed by atoms with Crippen molar-refractivity contribution in [3.63, 3.8) is 0 Å². The largest absolute Gasteiger partial charge is 0.368 e. The van der Waals surface area contributed by atoms with E-state index < -0.39 is 6.04 Å². The molecule has 5 rings (SSSR count). The van der Waals surface area contributed by atoms with E-state index in [0.29, 0.717) is 18.0 Å². The molecule has 3 atom stereocenters. The number of amides is 2. The molecule has 0 radical (unpaired) electrons. The van der Waals surface area contributed by atoms with Crippen LogP contribution in [0.3, 0.4) is 0 Å². The summed E-state index contributed by atoms with van der Waals surface area (Å²) in [4.78, 5) is 26.8. The Morgan fingerprint density at radius 2 is 1.83 bits per heavy atom. The second kappa shape index (κ2) is 4.69. The summed E-state index contributed by atoms with van der Waals surface area (Å²) >= 11 is 0. The Kier molecular flexibility index (Phi) is 2.70. The van der Waals surface area contributed by atoms with Gasteiger partial charge in [-0.25, -0.2) is 0 Å². The van der Waals surface area contributed by atoms with Crippen LogP contribution in [0.15, 0.2) is 42.5 Å². The molecule has 3 aliphatic rings. The van der Waals surface area contributed by atoms with Crippen molar-refractivity contribution < 1.29 is 9.59 Å². The van der Waals surface area contributed by atoms with E-state index >= 15 is 0 Å². The van der Waals surface area contributed by atoms with Crippen molar-refractivity contribution in [3.05, 3.63) is 59.2 Å². The summed E-state index contributed by atoms with van der Waals surface area (Å²) in [5, 5.41) is 0. The van der Waals surface area contributed by atoms with E-state index in [1.807, 2.05) is 24.3 Å². The Balaban J connectivity index is 1.59. The third-order valence-corrected chi connectivity index (χ3v) is 5.75. The number of benzene rings is 2. The van der Waals surface area contributed by atoms with Crippen LogP contribution in [0.1, 0.15) is 27.9 Å². The first-order valence-electron chi connectivity index (χ1n) is 8.45. The highest BCUT2D eigenvalue weighted by molar-refractivity contribution is 6.05. The van der Waals surface area contributed by atoms with Crippen molar-refractivity contribution in [2.75, 3.05) is 6.54 Å². The van der Waals surface area contributed by atoms with Crippen LogP contribution in [-0.2, 0) is 11.2 Å². The first-order chi connectivity index (χ1) is 11.6. The third-order valence-electron chi connectivity index (χ3n) is 5.75. The lowest BCUT2D eigenvalue weighted by Crippen LogP contribution is -2.46. The van der Waals surface area contributed by atoms with E-state index in [4.69, 9.17) is 5.73 Å². The second-order valence-corrected chi connectivity index (χ2v) is 7.14. The molecule has 24 heavy (non-hydrogen) atoms. The number of carbonyl (C=O) groups excluding carboxylic acids is 2. The molecule has 0 bridgehead atoms. The number of nitrogens with zero attached hydrogens (tertiary/aromatic N) is 1. The molecule has 2 aromatic carbocycles. The van der Waals surface area contributed by atoms with Crippen molar-refractivity contribution in [1.82, 2.24) is 4.90 Å². The smallest absolute Gasteiger partial charge is 0.255 e. The summed E-state index contributed by atoms with van der Waals surface area (Å²) in [5.74, 6) is 0.298. The Bertz CT molecular complexity index is 889. The molecule has 2 N–H and O–H groups in total. The van der Waals surface area contributed by atoms with Crippen molar-refractivity contribution in [1.29, 1.82) is 0 Å². The highest BCUT2D eigenvalue weighted by Gasteiger charge is 2.56. The molecule has 0 aromatic heterocycles. The van der Waals surface area contributed by atoms with E-state index in [9.17, 15) is 9.59 Å². The van der Waals surface area contributed by atoms with E-state index in [-0.39, 0.29) is 17.7 Å². The zero-order valence-corrected chi connectivity index (χ0v) is 13.2. The maximum absolute atomic E-state index is 13.2. The van der Waals surface area contributed by atoms with Crippen molar-refractivity contribution in [3.8, 4) is 11.1 Å². The number of primary amides is 1. The molecule has 120 valence electrons. The van der Waals surface area contributed by atoms with Crippen molar-refractivity contribution in [2.45, 2.75) is 18.9 Å². The van der Waals surface area contributed by atoms with Crippen LogP contribution >= 0.6 is 0 Å². The van der Waals surface area contributed by atoms with Gasteiger partial charge in [0.05, 0.1) is 0 Å². The average Bonchev–Trinajstić information content (AvgIpc) is 3.07. The first kappa shape index (κ1) is 13.8. The average molecular weight is 318 g/mol. The lowest BCUT2D eigenvalue weighted by atomic mass is 9.98. The molecule has 0 unspecified atom stereocenters.